The summed E-state index contributed by atoms with van der Waals surface area (Å²) in [7, 11) is 0. The molecule has 0 fully saturated rings. The minimum atomic E-state index is 0.143. The summed E-state index contributed by atoms with van der Waals surface area (Å²) in [4.78, 5) is 11.6. The van der Waals surface area contributed by atoms with Crippen molar-refractivity contribution < 1.29 is 4.79 Å². The Morgan fingerprint density at radius 3 is 2.81 bits per heavy atom. The van der Waals surface area contributed by atoms with Crippen LogP contribution in [0.25, 0.3) is 0 Å². The van der Waals surface area contributed by atoms with Crippen molar-refractivity contribution in [1.82, 2.24) is 5.32 Å². The first kappa shape index (κ1) is 16.0. The van der Waals surface area contributed by atoms with E-state index in [1.807, 2.05) is 0 Å². The van der Waals surface area contributed by atoms with Crippen LogP contribution >= 0.6 is 0 Å². The van der Waals surface area contributed by atoms with Crippen LogP contribution in [0.4, 0.5) is 5.69 Å². The molecule has 1 aromatic carbocycles. The number of aryl methyl sites for hydroxylation is 1. The van der Waals surface area contributed by atoms with Crippen LogP contribution in [0, 0.1) is 5.92 Å². The average Bonchev–Trinajstić information content (AvgIpc) is 2.62. The van der Waals surface area contributed by atoms with E-state index in [9.17, 15) is 4.79 Å². The summed E-state index contributed by atoms with van der Waals surface area (Å²) in [6.07, 6.45) is 4.86. The summed E-state index contributed by atoms with van der Waals surface area (Å²) in [5, 5.41) is 6.67. The number of hydrogen-bond donors (Lipinski definition) is 2. The molecule has 1 heterocycles. The highest BCUT2D eigenvalue weighted by Crippen LogP contribution is 2.28. The Bertz CT molecular complexity index is 482. The molecular weight excluding hydrogens is 260 g/mol. The summed E-state index contributed by atoms with van der Waals surface area (Å²) < 4.78 is 0. The zero-order chi connectivity index (χ0) is 15.2. The molecule has 1 atom stereocenters. The molecular formula is C18H28N2O. The van der Waals surface area contributed by atoms with E-state index < -0.39 is 0 Å². The van der Waals surface area contributed by atoms with Crippen molar-refractivity contribution in [1.29, 1.82) is 0 Å². The summed E-state index contributed by atoms with van der Waals surface area (Å²) >= 11 is 0. The van der Waals surface area contributed by atoms with Gasteiger partial charge in [-0.15, -0.1) is 0 Å². The first-order valence-electron chi connectivity index (χ1n) is 8.26. The van der Waals surface area contributed by atoms with E-state index >= 15 is 0 Å². The van der Waals surface area contributed by atoms with E-state index in [1.165, 1.54) is 11.1 Å². The molecule has 1 amide bonds. The molecule has 3 heteroatoms. The average molecular weight is 288 g/mol. The van der Waals surface area contributed by atoms with Crippen molar-refractivity contribution in [3.8, 4) is 0 Å². The fourth-order valence-electron chi connectivity index (χ4n) is 2.94. The standard InChI is InChI=1S/C18H28N2O/c1-4-10-19-17(11-13(2)3)15-8-9-16-14(12-15)6-5-7-18(21)20-16/h8-9,12-13,17,19H,4-7,10-11H2,1-3H3,(H,20,21). The normalized spacial score (nSPS) is 16.3. The topological polar surface area (TPSA) is 41.1 Å². The third-order valence-corrected chi connectivity index (χ3v) is 4.00. The fraction of sp³-hybridized carbons (Fsp3) is 0.611. The first-order valence-corrected chi connectivity index (χ1v) is 8.26. The van der Waals surface area contributed by atoms with Gasteiger partial charge in [0.25, 0.3) is 0 Å². The molecule has 21 heavy (non-hydrogen) atoms. The number of carbonyl (C=O) groups is 1. The van der Waals surface area contributed by atoms with Gasteiger partial charge in [-0.25, -0.2) is 0 Å². The monoisotopic (exact) mass is 288 g/mol. The zero-order valence-electron chi connectivity index (χ0n) is 13.5. The van der Waals surface area contributed by atoms with Gasteiger partial charge in [0, 0.05) is 18.2 Å². The second kappa shape index (κ2) is 7.60. The maximum atomic E-state index is 11.6. The summed E-state index contributed by atoms with van der Waals surface area (Å²) in [5.41, 5.74) is 3.64. The molecule has 0 saturated heterocycles. The SMILES string of the molecule is CCCNC(CC(C)C)c1ccc2c(c1)CCCC(=O)N2. The van der Waals surface area contributed by atoms with Crippen molar-refractivity contribution in [3.05, 3.63) is 29.3 Å². The number of rotatable bonds is 6. The molecule has 1 unspecified atom stereocenters. The molecule has 0 aliphatic carbocycles. The summed E-state index contributed by atoms with van der Waals surface area (Å²) in [5.74, 6) is 0.808. The van der Waals surface area contributed by atoms with Crippen LogP contribution in [-0.4, -0.2) is 12.5 Å². The molecule has 0 spiro atoms. The van der Waals surface area contributed by atoms with E-state index in [-0.39, 0.29) is 5.91 Å². The molecule has 0 aromatic heterocycles. The first-order chi connectivity index (χ1) is 10.1. The highest BCUT2D eigenvalue weighted by Gasteiger charge is 2.17. The Labute approximate surface area is 128 Å². The third kappa shape index (κ3) is 4.57. The number of anilines is 1. The highest BCUT2D eigenvalue weighted by molar-refractivity contribution is 5.92. The lowest BCUT2D eigenvalue weighted by atomic mass is 9.94. The number of hydrogen-bond acceptors (Lipinski definition) is 2. The Morgan fingerprint density at radius 2 is 2.10 bits per heavy atom. The Hall–Kier alpha value is -1.35. The second-order valence-electron chi connectivity index (χ2n) is 6.45. The number of benzene rings is 1. The Kier molecular flexibility index (Phi) is 5.80. The Morgan fingerprint density at radius 1 is 1.29 bits per heavy atom. The van der Waals surface area contributed by atoms with Crippen LogP contribution in [0.3, 0.4) is 0 Å². The largest absolute Gasteiger partial charge is 0.326 e. The van der Waals surface area contributed by atoms with Crippen LogP contribution < -0.4 is 10.6 Å². The van der Waals surface area contributed by atoms with Crippen molar-refractivity contribution >= 4 is 11.6 Å². The molecule has 0 bridgehead atoms. The molecule has 1 aromatic rings. The zero-order valence-corrected chi connectivity index (χ0v) is 13.5. The molecule has 1 aliphatic rings. The van der Waals surface area contributed by atoms with E-state index in [4.69, 9.17) is 0 Å². The third-order valence-electron chi connectivity index (χ3n) is 4.00. The lowest BCUT2D eigenvalue weighted by Gasteiger charge is -2.22. The molecule has 2 rings (SSSR count). The van der Waals surface area contributed by atoms with Gasteiger partial charge in [0.05, 0.1) is 0 Å². The summed E-state index contributed by atoms with van der Waals surface area (Å²) in [6, 6.07) is 6.94. The molecule has 116 valence electrons. The van der Waals surface area contributed by atoms with Gasteiger partial charge in [-0.1, -0.05) is 32.9 Å². The molecule has 3 nitrogen and oxygen atoms in total. The van der Waals surface area contributed by atoms with Crippen molar-refractivity contribution in [2.24, 2.45) is 5.92 Å². The van der Waals surface area contributed by atoms with Gasteiger partial charge >= 0.3 is 0 Å². The lowest BCUT2D eigenvalue weighted by Crippen LogP contribution is -2.23. The molecule has 1 aliphatic heterocycles. The van der Waals surface area contributed by atoms with Gasteiger partial charge < -0.3 is 10.6 Å². The molecule has 0 saturated carbocycles. The van der Waals surface area contributed by atoms with E-state index in [0.717, 1.165) is 37.9 Å². The second-order valence-corrected chi connectivity index (χ2v) is 6.45. The lowest BCUT2D eigenvalue weighted by molar-refractivity contribution is -0.116. The van der Waals surface area contributed by atoms with E-state index in [1.54, 1.807) is 0 Å². The number of amides is 1. The predicted octanol–water partition coefficient (Wildman–Crippen LogP) is 4.05. The van der Waals surface area contributed by atoms with Crippen LogP contribution in [-0.2, 0) is 11.2 Å². The van der Waals surface area contributed by atoms with E-state index in [0.29, 0.717) is 18.4 Å². The highest BCUT2D eigenvalue weighted by atomic mass is 16.1. The predicted molar refractivity (Wildman–Crippen MR) is 88.5 cm³/mol. The smallest absolute Gasteiger partial charge is 0.224 e. The van der Waals surface area contributed by atoms with Crippen molar-refractivity contribution in [3.63, 3.8) is 0 Å². The van der Waals surface area contributed by atoms with E-state index in [2.05, 4.69) is 49.6 Å². The van der Waals surface area contributed by atoms with Gasteiger partial charge in [-0.3, -0.25) is 4.79 Å². The van der Waals surface area contributed by atoms with Crippen LogP contribution in [0.5, 0.6) is 0 Å². The van der Waals surface area contributed by atoms with Gasteiger partial charge in [-0.05, 0) is 55.3 Å². The van der Waals surface area contributed by atoms with Crippen LogP contribution in [0.1, 0.15) is 63.6 Å². The van der Waals surface area contributed by atoms with Crippen LogP contribution in [0.15, 0.2) is 18.2 Å². The minimum Gasteiger partial charge on any atom is -0.326 e. The van der Waals surface area contributed by atoms with Crippen LogP contribution in [0.2, 0.25) is 0 Å². The minimum absolute atomic E-state index is 0.143. The van der Waals surface area contributed by atoms with Crippen molar-refractivity contribution in [2.45, 2.75) is 58.9 Å². The molecule has 0 radical (unpaired) electrons. The maximum absolute atomic E-state index is 11.6. The molecule has 2 N–H and O–H groups in total. The Balaban J connectivity index is 2.20. The van der Waals surface area contributed by atoms with Gasteiger partial charge in [0.1, 0.15) is 0 Å². The fourth-order valence-corrected chi connectivity index (χ4v) is 2.94. The van der Waals surface area contributed by atoms with Gasteiger partial charge in [0.2, 0.25) is 5.91 Å². The van der Waals surface area contributed by atoms with Gasteiger partial charge in [0.15, 0.2) is 0 Å². The van der Waals surface area contributed by atoms with Crippen molar-refractivity contribution in [2.75, 3.05) is 11.9 Å². The number of nitrogens with one attached hydrogen (secondary N) is 2. The van der Waals surface area contributed by atoms with Gasteiger partial charge in [-0.2, -0.15) is 0 Å². The quantitative estimate of drug-likeness (QED) is 0.829. The number of carbonyl (C=O) groups excluding carboxylic acids is 1. The maximum Gasteiger partial charge on any atom is 0.224 e. The summed E-state index contributed by atoms with van der Waals surface area (Å²) in [6.45, 7) is 7.78. The number of fused-ring (bicyclic) bond motifs is 1.